The van der Waals surface area contributed by atoms with E-state index < -0.39 is 6.04 Å². The summed E-state index contributed by atoms with van der Waals surface area (Å²) in [4.78, 5) is 27.4. The van der Waals surface area contributed by atoms with E-state index in [1.165, 1.54) is 24.1 Å². The van der Waals surface area contributed by atoms with Crippen molar-refractivity contribution in [1.82, 2.24) is 10.2 Å². The van der Waals surface area contributed by atoms with Gasteiger partial charge in [0.05, 0.1) is 0 Å². The topological polar surface area (TPSA) is 49.4 Å². The fourth-order valence-electron chi connectivity index (χ4n) is 2.51. The Morgan fingerprint density at radius 1 is 1.15 bits per heavy atom. The van der Waals surface area contributed by atoms with Crippen LogP contribution in [0.25, 0.3) is 0 Å². The smallest absolute Gasteiger partial charge is 0.242 e. The van der Waals surface area contributed by atoms with Gasteiger partial charge in [0.1, 0.15) is 11.9 Å². The summed E-state index contributed by atoms with van der Waals surface area (Å²) < 4.78 is 13.1. The van der Waals surface area contributed by atoms with Gasteiger partial charge in [-0.1, -0.05) is 23.7 Å². The lowest BCUT2D eigenvalue weighted by Gasteiger charge is -2.28. The Balaban J connectivity index is 2.02. The summed E-state index contributed by atoms with van der Waals surface area (Å²) in [6.45, 7) is 1.94. The predicted molar refractivity (Wildman–Crippen MR) is 107 cm³/mol. The molecule has 2 amide bonds. The van der Waals surface area contributed by atoms with E-state index in [1.54, 1.807) is 43.0 Å². The van der Waals surface area contributed by atoms with Crippen LogP contribution in [0, 0.1) is 5.82 Å². The summed E-state index contributed by atoms with van der Waals surface area (Å²) in [5, 5.41) is 3.24. The van der Waals surface area contributed by atoms with Crippen LogP contribution in [-0.4, -0.2) is 35.6 Å². The second-order valence-electron chi connectivity index (χ2n) is 5.99. The largest absolute Gasteiger partial charge is 0.357 e. The molecule has 4 nitrogen and oxygen atoms in total. The lowest BCUT2D eigenvalue weighted by molar-refractivity contribution is -0.140. The van der Waals surface area contributed by atoms with Crippen molar-refractivity contribution in [3.63, 3.8) is 0 Å². The molecule has 2 rings (SSSR count). The molecule has 0 heterocycles. The third-order valence-electron chi connectivity index (χ3n) is 4.08. The molecule has 1 unspecified atom stereocenters. The van der Waals surface area contributed by atoms with Gasteiger partial charge in [0, 0.05) is 35.7 Å². The van der Waals surface area contributed by atoms with Gasteiger partial charge < -0.3 is 10.2 Å². The van der Waals surface area contributed by atoms with Crippen LogP contribution in [0.2, 0.25) is 5.02 Å². The average molecular weight is 409 g/mol. The van der Waals surface area contributed by atoms with E-state index in [0.29, 0.717) is 10.8 Å². The molecule has 0 aliphatic carbocycles. The third kappa shape index (κ3) is 6.56. The summed E-state index contributed by atoms with van der Waals surface area (Å²) in [7, 11) is 1.54. The van der Waals surface area contributed by atoms with Crippen molar-refractivity contribution in [1.29, 1.82) is 0 Å². The minimum atomic E-state index is -0.618. The Kier molecular flexibility index (Phi) is 8.13. The molecular formula is C20H22ClFN2O2S. The van der Waals surface area contributed by atoms with Crippen molar-refractivity contribution in [3.05, 3.63) is 64.9 Å². The van der Waals surface area contributed by atoms with E-state index in [9.17, 15) is 14.0 Å². The lowest BCUT2D eigenvalue weighted by atomic mass is 10.1. The number of hydrogen-bond acceptors (Lipinski definition) is 3. The molecule has 0 spiro atoms. The SMILES string of the molecule is CNC(=O)C(C)N(Cc1ccc(F)cc1)C(=O)CCSc1ccc(Cl)cc1. The third-order valence-corrected chi connectivity index (χ3v) is 5.34. The fourth-order valence-corrected chi connectivity index (χ4v) is 3.48. The lowest BCUT2D eigenvalue weighted by Crippen LogP contribution is -2.46. The van der Waals surface area contributed by atoms with Crippen molar-refractivity contribution in [2.45, 2.75) is 30.8 Å². The molecule has 0 radical (unpaired) electrons. The number of likely N-dealkylation sites (N-methyl/N-ethyl adjacent to an activating group) is 1. The van der Waals surface area contributed by atoms with Gasteiger partial charge in [0.2, 0.25) is 11.8 Å². The molecule has 1 N–H and O–H groups in total. The van der Waals surface area contributed by atoms with Crippen LogP contribution in [0.15, 0.2) is 53.4 Å². The van der Waals surface area contributed by atoms with E-state index in [2.05, 4.69) is 5.32 Å². The molecule has 0 saturated carbocycles. The van der Waals surface area contributed by atoms with Gasteiger partial charge in [-0.3, -0.25) is 9.59 Å². The number of rotatable bonds is 8. The second-order valence-corrected chi connectivity index (χ2v) is 7.60. The number of nitrogens with one attached hydrogen (secondary N) is 1. The number of thioether (sulfide) groups is 1. The second kappa shape index (κ2) is 10.3. The first-order chi connectivity index (χ1) is 12.9. The Hall–Kier alpha value is -2.05. The molecule has 7 heteroatoms. The van der Waals surface area contributed by atoms with Gasteiger partial charge in [-0.2, -0.15) is 0 Å². The number of nitrogens with zero attached hydrogens (tertiary/aromatic N) is 1. The van der Waals surface area contributed by atoms with Crippen LogP contribution < -0.4 is 5.32 Å². The Morgan fingerprint density at radius 2 is 1.78 bits per heavy atom. The molecule has 2 aromatic carbocycles. The molecule has 1 atom stereocenters. The van der Waals surface area contributed by atoms with Crippen molar-refractivity contribution < 1.29 is 14.0 Å². The minimum absolute atomic E-state index is 0.128. The van der Waals surface area contributed by atoms with Gasteiger partial charge in [-0.25, -0.2) is 4.39 Å². The van der Waals surface area contributed by atoms with Crippen LogP contribution in [-0.2, 0) is 16.1 Å². The molecule has 0 saturated heterocycles. The highest BCUT2D eigenvalue weighted by atomic mass is 35.5. The normalized spacial score (nSPS) is 11.7. The Labute approximate surface area is 168 Å². The summed E-state index contributed by atoms with van der Waals surface area (Å²) in [6, 6.07) is 12.7. The maximum Gasteiger partial charge on any atom is 0.242 e. The van der Waals surface area contributed by atoms with Gasteiger partial charge in [-0.05, 0) is 48.9 Å². The molecule has 0 fully saturated rings. The number of amides is 2. The first-order valence-electron chi connectivity index (χ1n) is 8.54. The highest BCUT2D eigenvalue weighted by Gasteiger charge is 2.25. The zero-order valence-electron chi connectivity index (χ0n) is 15.2. The minimum Gasteiger partial charge on any atom is -0.357 e. The van der Waals surface area contributed by atoms with Crippen LogP contribution >= 0.6 is 23.4 Å². The Morgan fingerprint density at radius 3 is 2.37 bits per heavy atom. The van der Waals surface area contributed by atoms with E-state index >= 15 is 0 Å². The number of benzene rings is 2. The van der Waals surface area contributed by atoms with E-state index in [1.807, 2.05) is 12.1 Å². The monoisotopic (exact) mass is 408 g/mol. The van der Waals surface area contributed by atoms with Gasteiger partial charge in [0.15, 0.2) is 0 Å². The highest BCUT2D eigenvalue weighted by Crippen LogP contribution is 2.22. The highest BCUT2D eigenvalue weighted by molar-refractivity contribution is 7.99. The maximum atomic E-state index is 13.1. The van der Waals surface area contributed by atoms with Crippen LogP contribution in [0.3, 0.4) is 0 Å². The quantitative estimate of drug-likeness (QED) is 0.668. The van der Waals surface area contributed by atoms with Gasteiger partial charge in [-0.15, -0.1) is 11.8 Å². The molecule has 0 aliphatic heterocycles. The molecule has 0 aliphatic rings. The van der Waals surface area contributed by atoms with Crippen LogP contribution in [0.4, 0.5) is 4.39 Å². The zero-order valence-corrected chi connectivity index (χ0v) is 16.8. The maximum absolute atomic E-state index is 13.1. The molecule has 27 heavy (non-hydrogen) atoms. The Bertz CT molecular complexity index is 769. The number of halogens is 2. The summed E-state index contributed by atoms with van der Waals surface area (Å²) in [5.74, 6) is -0.121. The van der Waals surface area contributed by atoms with Gasteiger partial charge in [0.25, 0.3) is 0 Å². The predicted octanol–water partition coefficient (Wildman–Crippen LogP) is 4.12. The van der Waals surface area contributed by atoms with E-state index in [4.69, 9.17) is 11.6 Å². The van der Waals surface area contributed by atoms with Gasteiger partial charge >= 0.3 is 0 Å². The van der Waals surface area contributed by atoms with Crippen molar-refractivity contribution in [2.75, 3.05) is 12.8 Å². The van der Waals surface area contributed by atoms with E-state index in [-0.39, 0.29) is 30.6 Å². The standard InChI is InChI=1S/C20H22ClFN2O2S/c1-14(20(26)23-2)24(13-15-3-7-17(22)8-4-15)19(25)11-12-27-18-9-5-16(21)6-10-18/h3-10,14H,11-13H2,1-2H3,(H,23,26). The van der Waals surface area contributed by atoms with Crippen molar-refractivity contribution in [2.24, 2.45) is 0 Å². The molecule has 0 aromatic heterocycles. The van der Waals surface area contributed by atoms with E-state index in [0.717, 1.165) is 10.5 Å². The number of carbonyl (C=O) groups is 2. The van der Waals surface area contributed by atoms with Crippen LogP contribution in [0.5, 0.6) is 0 Å². The molecular weight excluding hydrogens is 387 g/mol. The summed E-state index contributed by atoms with van der Waals surface area (Å²) in [6.07, 6.45) is 0.288. The first-order valence-corrected chi connectivity index (χ1v) is 9.91. The summed E-state index contributed by atoms with van der Waals surface area (Å²) in [5.41, 5.74) is 0.769. The van der Waals surface area contributed by atoms with Crippen molar-refractivity contribution >= 4 is 35.2 Å². The average Bonchev–Trinajstić information content (AvgIpc) is 2.67. The molecule has 2 aromatic rings. The molecule has 144 valence electrons. The van der Waals surface area contributed by atoms with Crippen molar-refractivity contribution in [3.8, 4) is 0 Å². The van der Waals surface area contributed by atoms with Crippen LogP contribution in [0.1, 0.15) is 18.9 Å². The fraction of sp³-hybridized carbons (Fsp3) is 0.300. The summed E-state index contributed by atoms with van der Waals surface area (Å²) >= 11 is 7.42. The zero-order chi connectivity index (χ0) is 19.8. The first kappa shape index (κ1) is 21.3. The number of carbonyl (C=O) groups excluding carboxylic acids is 2. The molecule has 0 bridgehead atoms. The number of hydrogen-bond donors (Lipinski definition) is 1.